The number of anilines is 1. The number of hydrogen-bond acceptors (Lipinski definition) is 3. The van der Waals surface area contributed by atoms with Crippen molar-refractivity contribution in [1.82, 2.24) is 0 Å². The van der Waals surface area contributed by atoms with Gasteiger partial charge in [0.2, 0.25) is 0 Å². The Balaban J connectivity index is 2.30. The van der Waals surface area contributed by atoms with E-state index in [1.165, 1.54) is 19.2 Å². The molecule has 0 radical (unpaired) electrons. The van der Waals surface area contributed by atoms with Crippen molar-refractivity contribution in [3.8, 4) is 5.75 Å². The summed E-state index contributed by atoms with van der Waals surface area (Å²) in [4.78, 5) is 0.449. The summed E-state index contributed by atoms with van der Waals surface area (Å²) in [5, 5.41) is -0.0117. The number of nitrogens with two attached hydrogens (primary N) is 1. The molecule has 1 unspecified atom stereocenters. The zero-order chi connectivity index (χ0) is 14.7. The number of rotatable bonds is 4. The van der Waals surface area contributed by atoms with Gasteiger partial charge in [0.15, 0.2) is 0 Å². The minimum absolute atomic E-state index is 0.0117. The van der Waals surface area contributed by atoms with E-state index in [2.05, 4.69) is 0 Å². The van der Waals surface area contributed by atoms with Gasteiger partial charge < -0.3 is 10.5 Å². The Morgan fingerprint density at radius 3 is 2.80 bits per heavy atom. The minimum Gasteiger partial charge on any atom is -0.497 e. The third-order valence-corrected chi connectivity index (χ3v) is 4.62. The second-order valence-corrected chi connectivity index (χ2v) is 5.90. The molecule has 0 amide bonds. The largest absolute Gasteiger partial charge is 0.497 e. The van der Waals surface area contributed by atoms with E-state index in [1.54, 1.807) is 24.3 Å². The molecule has 2 aromatic carbocycles. The average molecular weight is 314 g/mol. The molecule has 0 saturated heterocycles. The fourth-order valence-corrected chi connectivity index (χ4v) is 3.25. The molecule has 0 aromatic heterocycles. The van der Waals surface area contributed by atoms with Crippen LogP contribution >= 0.6 is 11.6 Å². The van der Waals surface area contributed by atoms with Gasteiger partial charge in [-0.05, 0) is 29.8 Å². The first-order valence-electron chi connectivity index (χ1n) is 5.77. The topological polar surface area (TPSA) is 52.3 Å². The molecule has 1 atom stereocenters. The van der Waals surface area contributed by atoms with Gasteiger partial charge in [0, 0.05) is 5.69 Å². The molecule has 0 saturated carbocycles. The number of halogens is 2. The molecule has 0 bridgehead atoms. The van der Waals surface area contributed by atoms with Crippen LogP contribution in [0, 0.1) is 5.82 Å². The highest BCUT2D eigenvalue weighted by molar-refractivity contribution is 7.84. The summed E-state index contributed by atoms with van der Waals surface area (Å²) in [6.07, 6.45) is 0. The van der Waals surface area contributed by atoms with Crippen LogP contribution in [0.5, 0.6) is 5.75 Å². The predicted octanol–water partition coefficient (Wildman–Crippen LogP) is 3.38. The van der Waals surface area contributed by atoms with Crippen LogP contribution in [0.3, 0.4) is 0 Å². The van der Waals surface area contributed by atoms with Crippen molar-refractivity contribution >= 4 is 28.1 Å². The van der Waals surface area contributed by atoms with Crippen LogP contribution in [0.25, 0.3) is 0 Å². The number of nitrogen functional groups attached to an aromatic ring is 1. The number of benzene rings is 2. The van der Waals surface area contributed by atoms with Crippen LogP contribution in [0.15, 0.2) is 41.3 Å². The number of ether oxygens (including phenoxy) is 1. The van der Waals surface area contributed by atoms with E-state index in [-0.39, 0.29) is 10.8 Å². The van der Waals surface area contributed by atoms with Crippen LogP contribution in [0.2, 0.25) is 5.02 Å². The van der Waals surface area contributed by atoms with Gasteiger partial charge in [-0.1, -0.05) is 23.7 Å². The fourth-order valence-electron chi connectivity index (χ4n) is 1.72. The molecule has 6 heteroatoms. The molecule has 0 aliphatic heterocycles. The first-order chi connectivity index (χ1) is 9.52. The highest BCUT2D eigenvalue weighted by atomic mass is 35.5. The van der Waals surface area contributed by atoms with Crippen LogP contribution in [0.4, 0.5) is 10.1 Å². The Bertz CT molecular complexity index is 664. The molecule has 106 valence electrons. The maximum Gasteiger partial charge on any atom is 0.142 e. The highest BCUT2D eigenvalue weighted by Gasteiger charge is 2.13. The standard InChI is InChI=1S/C14H13ClFNO2S/c1-19-10-5-6-12(17)13(7-10)20(18)8-9-3-2-4-11(16)14(9)15/h2-7H,8,17H2,1H3. The van der Waals surface area contributed by atoms with E-state index in [0.717, 1.165) is 0 Å². The molecule has 3 nitrogen and oxygen atoms in total. The van der Waals surface area contributed by atoms with Crippen molar-refractivity contribution < 1.29 is 13.3 Å². The smallest absolute Gasteiger partial charge is 0.142 e. The summed E-state index contributed by atoms with van der Waals surface area (Å²) < 4.78 is 30.8. The Hall–Kier alpha value is -1.59. The van der Waals surface area contributed by atoms with Crippen LogP contribution in [-0.2, 0) is 16.6 Å². The maximum absolute atomic E-state index is 13.4. The molecule has 0 aliphatic carbocycles. The Labute approximate surface area is 124 Å². The second kappa shape index (κ2) is 6.24. The van der Waals surface area contributed by atoms with Crippen molar-refractivity contribution in [1.29, 1.82) is 0 Å². The van der Waals surface area contributed by atoms with Crippen molar-refractivity contribution in [2.45, 2.75) is 10.6 Å². The van der Waals surface area contributed by atoms with Gasteiger partial charge in [-0.25, -0.2) is 4.39 Å². The first-order valence-corrected chi connectivity index (χ1v) is 7.47. The normalized spacial score (nSPS) is 12.2. The predicted molar refractivity (Wildman–Crippen MR) is 78.9 cm³/mol. The molecule has 2 rings (SSSR count). The Morgan fingerprint density at radius 1 is 1.35 bits per heavy atom. The van der Waals surface area contributed by atoms with Gasteiger partial charge in [0.1, 0.15) is 11.6 Å². The molecular formula is C14H13ClFNO2S. The van der Waals surface area contributed by atoms with Crippen LogP contribution < -0.4 is 10.5 Å². The maximum atomic E-state index is 13.4. The van der Waals surface area contributed by atoms with Gasteiger partial charge in [-0.2, -0.15) is 0 Å². The van der Waals surface area contributed by atoms with E-state index >= 15 is 0 Å². The lowest BCUT2D eigenvalue weighted by atomic mass is 10.2. The summed E-state index contributed by atoms with van der Waals surface area (Å²) in [7, 11) is 0.0830. The van der Waals surface area contributed by atoms with Gasteiger partial charge >= 0.3 is 0 Å². The summed E-state index contributed by atoms with van der Waals surface area (Å²) in [5.41, 5.74) is 6.69. The SMILES string of the molecule is COc1ccc(N)c(S(=O)Cc2cccc(F)c2Cl)c1. The third-order valence-electron chi connectivity index (χ3n) is 2.78. The van der Waals surface area contributed by atoms with E-state index in [0.29, 0.717) is 21.9 Å². The number of hydrogen-bond donors (Lipinski definition) is 1. The quantitative estimate of drug-likeness (QED) is 0.880. The molecule has 0 aliphatic rings. The van der Waals surface area contributed by atoms with Crippen LogP contribution in [0.1, 0.15) is 5.56 Å². The lowest BCUT2D eigenvalue weighted by Gasteiger charge is -2.09. The van der Waals surface area contributed by atoms with E-state index in [9.17, 15) is 8.60 Å². The molecule has 2 N–H and O–H groups in total. The van der Waals surface area contributed by atoms with E-state index < -0.39 is 16.6 Å². The molecule has 20 heavy (non-hydrogen) atoms. The monoisotopic (exact) mass is 313 g/mol. The Kier molecular flexibility index (Phi) is 4.62. The molecule has 0 spiro atoms. The fraction of sp³-hybridized carbons (Fsp3) is 0.143. The van der Waals surface area contributed by atoms with Crippen molar-refractivity contribution in [2.24, 2.45) is 0 Å². The zero-order valence-electron chi connectivity index (χ0n) is 10.7. The summed E-state index contributed by atoms with van der Waals surface area (Å²) in [5.74, 6) is 0.126. The molecule has 0 fully saturated rings. The second-order valence-electron chi connectivity index (χ2n) is 4.11. The highest BCUT2D eigenvalue weighted by Crippen LogP contribution is 2.27. The third kappa shape index (κ3) is 3.11. The molecule has 2 aromatic rings. The van der Waals surface area contributed by atoms with E-state index in [1.807, 2.05) is 0 Å². The van der Waals surface area contributed by atoms with Gasteiger partial charge in [0.05, 0.1) is 33.6 Å². The van der Waals surface area contributed by atoms with Crippen molar-refractivity contribution in [3.05, 3.63) is 52.8 Å². The van der Waals surface area contributed by atoms with E-state index in [4.69, 9.17) is 22.1 Å². The van der Waals surface area contributed by atoms with Crippen LogP contribution in [-0.4, -0.2) is 11.3 Å². The summed E-state index contributed by atoms with van der Waals surface area (Å²) in [6.45, 7) is 0. The Morgan fingerprint density at radius 2 is 2.10 bits per heavy atom. The lowest BCUT2D eigenvalue weighted by molar-refractivity contribution is 0.413. The average Bonchev–Trinajstić information content (AvgIpc) is 2.44. The first kappa shape index (κ1) is 14.8. The van der Waals surface area contributed by atoms with Crippen molar-refractivity contribution in [2.75, 3.05) is 12.8 Å². The number of methoxy groups -OCH3 is 1. The summed E-state index contributed by atoms with van der Waals surface area (Å²) >= 11 is 5.86. The lowest BCUT2D eigenvalue weighted by Crippen LogP contribution is -2.02. The molecule has 0 heterocycles. The van der Waals surface area contributed by atoms with Gasteiger partial charge in [-0.3, -0.25) is 4.21 Å². The molecular weight excluding hydrogens is 301 g/mol. The van der Waals surface area contributed by atoms with Gasteiger partial charge in [-0.15, -0.1) is 0 Å². The van der Waals surface area contributed by atoms with Crippen molar-refractivity contribution in [3.63, 3.8) is 0 Å². The summed E-state index contributed by atoms with van der Waals surface area (Å²) in [6, 6.07) is 9.35. The zero-order valence-corrected chi connectivity index (χ0v) is 12.3. The minimum atomic E-state index is -1.43. The van der Waals surface area contributed by atoms with Gasteiger partial charge in [0.25, 0.3) is 0 Å².